The van der Waals surface area contributed by atoms with Gasteiger partial charge < -0.3 is 0 Å². The Kier molecular flexibility index (Phi) is 1.92. The van der Waals surface area contributed by atoms with Gasteiger partial charge in [0.05, 0.1) is 5.69 Å². The van der Waals surface area contributed by atoms with Crippen LogP contribution >= 0.6 is 0 Å². The number of nitrogens with one attached hydrogen (secondary N) is 1. The van der Waals surface area contributed by atoms with E-state index in [4.69, 9.17) is 0 Å². The lowest BCUT2D eigenvalue weighted by atomic mass is 10.2. The van der Waals surface area contributed by atoms with Crippen molar-refractivity contribution >= 4 is 0 Å². The van der Waals surface area contributed by atoms with Crippen LogP contribution in [0.1, 0.15) is 5.56 Å². The Morgan fingerprint density at radius 1 is 1.50 bits per heavy atom. The third-order valence-electron chi connectivity index (χ3n) is 1.94. The van der Waals surface area contributed by atoms with E-state index >= 15 is 0 Å². The molecule has 5 heteroatoms. The summed E-state index contributed by atoms with van der Waals surface area (Å²) in [6.07, 6.45) is 1.30. The average molecular weight is 193 g/mol. The molecule has 0 saturated heterocycles. The lowest BCUT2D eigenvalue weighted by Crippen LogP contribution is -2.16. The maximum Gasteiger partial charge on any atom is 0.347 e. The van der Waals surface area contributed by atoms with Crippen molar-refractivity contribution in [3.05, 3.63) is 46.4 Å². The second kappa shape index (κ2) is 3.10. The van der Waals surface area contributed by atoms with Gasteiger partial charge in [-0.2, -0.15) is 9.78 Å². The van der Waals surface area contributed by atoms with Crippen molar-refractivity contribution in [2.45, 2.75) is 6.92 Å². The van der Waals surface area contributed by atoms with Crippen LogP contribution in [0.2, 0.25) is 0 Å². The zero-order valence-electron chi connectivity index (χ0n) is 7.49. The number of nitrogens with zero attached hydrogens (tertiary/aromatic N) is 2. The van der Waals surface area contributed by atoms with Crippen molar-refractivity contribution in [1.82, 2.24) is 14.8 Å². The molecule has 4 nitrogen and oxygen atoms in total. The van der Waals surface area contributed by atoms with Gasteiger partial charge in [0.1, 0.15) is 12.1 Å². The van der Waals surface area contributed by atoms with E-state index in [0.717, 1.165) is 0 Å². The Morgan fingerprint density at radius 3 is 2.86 bits per heavy atom. The highest BCUT2D eigenvalue weighted by Gasteiger charge is 2.05. The predicted molar refractivity (Wildman–Crippen MR) is 48.9 cm³/mol. The van der Waals surface area contributed by atoms with Crippen molar-refractivity contribution in [1.29, 1.82) is 0 Å². The first-order chi connectivity index (χ1) is 6.68. The van der Waals surface area contributed by atoms with Crippen molar-refractivity contribution in [2.24, 2.45) is 0 Å². The van der Waals surface area contributed by atoms with E-state index in [1.807, 2.05) is 0 Å². The molecule has 14 heavy (non-hydrogen) atoms. The van der Waals surface area contributed by atoms with Gasteiger partial charge in [0.25, 0.3) is 0 Å². The lowest BCUT2D eigenvalue weighted by molar-refractivity contribution is 0.625. The summed E-state index contributed by atoms with van der Waals surface area (Å²) in [6, 6.07) is 4.17. The van der Waals surface area contributed by atoms with E-state index in [9.17, 15) is 9.18 Å². The fraction of sp³-hybridized carbons (Fsp3) is 0.111. The highest BCUT2D eigenvalue weighted by Crippen LogP contribution is 2.11. The molecule has 1 aromatic carbocycles. The van der Waals surface area contributed by atoms with Crippen LogP contribution in [0.5, 0.6) is 0 Å². The molecule has 0 bridgehead atoms. The monoisotopic (exact) mass is 193 g/mol. The molecule has 0 aliphatic rings. The standard InChI is InChI=1S/C9H8FN3O/c1-6-4-7(10)2-3-8(6)13-9(14)11-5-12-13/h2-5H,1H3,(H,11,12,14). The molecule has 2 rings (SSSR count). The minimum atomic E-state index is -0.334. The van der Waals surface area contributed by atoms with Crippen LogP contribution in [-0.4, -0.2) is 14.8 Å². The molecule has 1 heterocycles. The number of aromatic nitrogens is 3. The molecule has 0 fully saturated rings. The summed E-state index contributed by atoms with van der Waals surface area (Å²) in [6.45, 7) is 1.72. The van der Waals surface area contributed by atoms with Crippen LogP contribution in [0.4, 0.5) is 4.39 Å². The summed E-state index contributed by atoms with van der Waals surface area (Å²) in [5, 5.41) is 3.80. The molecule has 0 aliphatic heterocycles. The fourth-order valence-electron chi connectivity index (χ4n) is 1.28. The third kappa shape index (κ3) is 1.32. The summed E-state index contributed by atoms with van der Waals surface area (Å²) in [5.74, 6) is -0.324. The number of hydrogen-bond acceptors (Lipinski definition) is 2. The van der Waals surface area contributed by atoms with Gasteiger partial charge in [-0.3, -0.25) is 4.98 Å². The molecule has 72 valence electrons. The molecular formula is C9H8FN3O. The molecule has 0 unspecified atom stereocenters. The summed E-state index contributed by atoms with van der Waals surface area (Å²) >= 11 is 0. The predicted octanol–water partition coefficient (Wildman–Crippen LogP) is 1.01. The largest absolute Gasteiger partial charge is 0.347 e. The van der Waals surface area contributed by atoms with Gasteiger partial charge in [0, 0.05) is 0 Å². The lowest BCUT2D eigenvalue weighted by Gasteiger charge is -2.03. The first-order valence-corrected chi connectivity index (χ1v) is 4.08. The van der Waals surface area contributed by atoms with Crippen LogP contribution in [0.25, 0.3) is 5.69 Å². The average Bonchev–Trinajstić information content (AvgIpc) is 2.52. The number of aryl methyl sites for hydroxylation is 1. The van der Waals surface area contributed by atoms with E-state index in [2.05, 4.69) is 10.1 Å². The Balaban J connectivity index is 2.63. The van der Waals surface area contributed by atoms with Gasteiger partial charge in [-0.05, 0) is 30.7 Å². The highest BCUT2D eigenvalue weighted by molar-refractivity contribution is 5.39. The fourth-order valence-corrected chi connectivity index (χ4v) is 1.28. The molecule has 2 aromatic rings. The van der Waals surface area contributed by atoms with Gasteiger partial charge >= 0.3 is 5.69 Å². The maximum absolute atomic E-state index is 12.8. The molecule has 0 saturated carbocycles. The minimum absolute atomic E-state index is 0.324. The Bertz CT molecular complexity index is 515. The number of H-pyrrole nitrogens is 1. The molecular weight excluding hydrogens is 185 g/mol. The number of benzene rings is 1. The molecule has 0 spiro atoms. The Morgan fingerprint density at radius 2 is 2.29 bits per heavy atom. The number of aromatic amines is 1. The topological polar surface area (TPSA) is 50.7 Å². The molecule has 1 N–H and O–H groups in total. The summed E-state index contributed by atoms with van der Waals surface area (Å²) in [4.78, 5) is 13.6. The van der Waals surface area contributed by atoms with Crippen LogP contribution in [0.15, 0.2) is 29.3 Å². The van der Waals surface area contributed by atoms with Gasteiger partial charge in [-0.1, -0.05) is 0 Å². The van der Waals surface area contributed by atoms with Gasteiger partial charge in [-0.25, -0.2) is 9.18 Å². The summed E-state index contributed by atoms with van der Waals surface area (Å²) in [7, 11) is 0. The Hall–Kier alpha value is -1.91. The van der Waals surface area contributed by atoms with Crippen LogP contribution in [-0.2, 0) is 0 Å². The van der Waals surface area contributed by atoms with Crippen LogP contribution in [0, 0.1) is 12.7 Å². The van der Waals surface area contributed by atoms with E-state index in [1.54, 1.807) is 6.92 Å². The van der Waals surface area contributed by atoms with E-state index in [0.29, 0.717) is 11.3 Å². The number of hydrogen-bond donors (Lipinski definition) is 1. The van der Waals surface area contributed by atoms with Crippen molar-refractivity contribution in [2.75, 3.05) is 0 Å². The van der Waals surface area contributed by atoms with Crippen molar-refractivity contribution < 1.29 is 4.39 Å². The van der Waals surface area contributed by atoms with Crippen LogP contribution < -0.4 is 5.69 Å². The first kappa shape index (κ1) is 8.68. The molecule has 0 atom stereocenters. The van der Waals surface area contributed by atoms with E-state index in [1.165, 1.54) is 29.2 Å². The van der Waals surface area contributed by atoms with Crippen molar-refractivity contribution in [3.63, 3.8) is 0 Å². The normalized spacial score (nSPS) is 10.4. The second-order valence-electron chi connectivity index (χ2n) is 2.94. The Labute approximate surface area is 79.0 Å². The zero-order valence-corrected chi connectivity index (χ0v) is 7.49. The molecule has 0 amide bonds. The van der Waals surface area contributed by atoms with E-state index < -0.39 is 0 Å². The minimum Gasteiger partial charge on any atom is -0.295 e. The maximum atomic E-state index is 12.8. The SMILES string of the molecule is Cc1cc(F)ccc1-n1nc[nH]c1=O. The zero-order chi connectivity index (χ0) is 10.1. The van der Waals surface area contributed by atoms with E-state index in [-0.39, 0.29) is 11.5 Å². The first-order valence-electron chi connectivity index (χ1n) is 4.08. The third-order valence-corrected chi connectivity index (χ3v) is 1.94. The highest BCUT2D eigenvalue weighted by atomic mass is 19.1. The van der Waals surface area contributed by atoms with Gasteiger partial charge in [-0.15, -0.1) is 0 Å². The van der Waals surface area contributed by atoms with Crippen LogP contribution in [0.3, 0.4) is 0 Å². The van der Waals surface area contributed by atoms with Gasteiger partial charge in [0.15, 0.2) is 0 Å². The smallest absolute Gasteiger partial charge is 0.295 e. The summed E-state index contributed by atoms with van der Waals surface area (Å²) < 4.78 is 14.0. The molecule has 0 radical (unpaired) electrons. The van der Waals surface area contributed by atoms with Gasteiger partial charge in [0.2, 0.25) is 0 Å². The second-order valence-corrected chi connectivity index (χ2v) is 2.94. The summed E-state index contributed by atoms with van der Waals surface area (Å²) in [5.41, 5.74) is 0.913. The number of halogens is 1. The number of rotatable bonds is 1. The van der Waals surface area contributed by atoms with Crippen molar-refractivity contribution in [3.8, 4) is 5.69 Å². The quantitative estimate of drug-likeness (QED) is 0.734. The molecule has 1 aromatic heterocycles. The molecule has 0 aliphatic carbocycles.